The van der Waals surface area contributed by atoms with Gasteiger partial charge >= 0.3 is 0 Å². The molecule has 0 bridgehead atoms. The van der Waals surface area contributed by atoms with E-state index >= 15 is 0 Å². The molecule has 8 heteroatoms. The summed E-state index contributed by atoms with van der Waals surface area (Å²) in [7, 11) is 0. The molecule has 0 saturated carbocycles. The van der Waals surface area contributed by atoms with Crippen LogP contribution in [0.2, 0.25) is 5.02 Å². The summed E-state index contributed by atoms with van der Waals surface area (Å²) in [6.45, 7) is 9.98. The van der Waals surface area contributed by atoms with Crippen molar-refractivity contribution in [1.29, 1.82) is 0 Å². The number of carbonyl (C=O) groups excluding carboxylic acids is 1. The molecule has 1 unspecified atom stereocenters. The Labute approximate surface area is 164 Å². The molecule has 1 aromatic heterocycles. The highest BCUT2D eigenvalue weighted by molar-refractivity contribution is 6.33. The molecule has 0 spiro atoms. The van der Waals surface area contributed by atoms with E-state index in [9.17, 15) is 4.79 Å². The molecule has 1 atom stereocenters. The molecule has 0 radical (unpaired) electrons. The number of para-hydroxylation sites is 1. The zero-order valence-corrected chi connectivity index (χ0v) is 16.7. The molecule has 146 valence electrons. The lowest BCUT2D eigenvalue weighted by Gasteiger charge is -2.36. The fourth-order valence-corrected chi connectivity index (χ4v) is 3.22. The van der Waals surface area contributed by atoms with E-state index in [-0.39, 0.29) is 17.9 Å². The van der Waals surface area contributed by atoms with Crippen molar-refractivity contribution in [1.82, 2.24) is 19.9 Å². The number of hydrogen-bond donors (Lipinski definition) is 1. The van der Waals surface area contributed by atoms with E-state index in [1.54, 1.807) is 12.1 Å². The first-order chi connectivity index (χ1) is 12.9. The highest BCUT2D eigenvalue weighted by atomic mass is 35.5. The van der Waals surface area contributed by atoms with Crippen LogP contribution < -0.4 is 5.32 Å². The van der Waals surface area contributed by atoms with Crippen molar-refractivity contribution in [3.05, 3.63) is 41.0 Å². The maximum Gasteiger partial charge on any atom is 0.241 e. The fraction of sp³-hybridized carbons (Fsp3) is 0.526. The van der Waals surface area contributed by atoms with Crippen LogP contribution in [-0.2, 0) is 11.3 Å². The lowest BCUT2D eigenvalue weighted by Crippen LogP contribution is -2.52. The van der Waals surface area contributed by atoms with E-state index in [4.69, 9.17) is 16.1 Å². The van der Waals surface area contributed by atoms with Crippen LogP contribution in [-0.4, -0.2) is 58.1 Å². The van der Waals surface area contributed by atoms with Crippen molar-refractivity contribution in [2.45, 2.75) is 39.3 Å². The summed E-state index contributed by atoms with van der Waals surface area (Å²) in [5.74, 6) is 1.61. The Bertz CT molecular complexity index is 771. The van der Waals surface area contributed by atoms with Crippen LogP contribution in [0.25, 0.3) is 0 Å². The smallest absolute Gasteiger partial charge is 0.241 e. The summed E-state index contributed by atoms with van der Waals surface area (Å²) < 4.78 is 5.33. The van der Waals surface area contributed by atoms with Crippen molar-refractivity contribution in [2.75, 3.05) is 31.5 Å². The number of nitrogens with one attached hydrogen (secondary N) is 1. The monoisotopic (exact) mass is 391 g/mol. The third-order valence-electron chi connectivity index (χ3n) is 4.82. The van der Waals surface area contributed by atoms with Crippen LogP contribution in [0.5, 0.6) is 0 Å². The minimum absolute atomic E-state index is 0.0463. The van der Waals surface area contributed by atoms with Gasteiger partial charge in [0.2, 0.25) is 11.8 Å². The largest absolute Gasteiger partial charge is 0.338 e. The maximum absolute atomic E-state index is 12.5. The van der Waals surface area contributed by atoms with Gasteiger partial charge in [-0.1, -0.05) is 42.7 Å². The van der Waals surface area contributed by atoms with Gasteiger partial charge in [-0.25, -0.2) is 0 Å². The van der Waals surface area contributed by atoms with Crippen LogP contribution in [0.4, 0.5) is 5.69 Å². The zero-order valence-electron chi connectivity index (χ0n) is 16.0. The number of amides is 1. The van der Waals surface area contributed by atoms with Crippen molar-refractivity contribution in [2.24, 2.45) is 0 Å². The zero-order chi connectivity index (χ0) is 19.4. The number of piperazine rings is 1. The molecule has 27 heavy (non-hydrogen) atoms. The van der Waals surface area contributed by atoms with Gasteiger partial charge in [-0.3, -0.25) is 14.6 Å². The number of hydrogen-bond acceptors (Lipinski definition) is 6. The summed E-state index contributed by atoms with van der Waals surface area (Å²) >= 11 is 6.12. The van der Waals surface area contributed by atoms with Crippen LogP contribution in [0, 0.1) is 0 Å². The Morgan fingerprint density at radius 2 is 1.93 bits per heavy atom. The second-order valence-electron chi connectivity index (χ2n) is 7.16. The molecule has 7 nitrogen and oxygen atoms in total. The molecule has 1 N–H and O–H groups in total. The topological polar surface area (TPSA) is 74.5 Å². The minimum Gasteiger partial charge on any atom is -0.338 e. The molecular formula is C19H26ClN5O2. The van der Waals surface area contributed by atoms with Crippen LogP contribution in [0.3, 0.4) is 0 Å². The SMILES string of the molecule is CC(C)c1noc(CN2CCN(C(C)C(=O)Nc3ccccc3Cl)CC2)n1. The van der Waals surface area contributed by atoms with Gasteiger partial charge in [-0.05, 0) is 19.1 Å². The maximum atomic E-state index is 12.5. The number of carbonyl (C=O) groups is 1. The standard InChI is InChI=1S/C19H26ClN5O2/c1-13(2)18-22-17(27-23-18)12-24-8-10-25(11-9-24)14(3)19(26)21-16-7-5-4-6-15(16)20/h4-7,13-14H,8-12H2,1-3H3,(H,21,26). The molecule has 3 rings (SSSR count). The van der Waals surface area contributed by atoms with Crippen molar-refractivity contribution < 1.29 is 9.32 Å². The Kier molecular flexibility index (Phi) is 6.46. The van der Waals surface area contributed by atoms with Gasteiger partial charge in [0, 0.05) is 32.1 Å². The van der Waals surface area contributed by atoms with Crippen LogP contribution >= 0.6 is 11.6 Å². The normalized spacial score (nSPS) is 17.2. The van der Waals surface area contributed by atoms with Gasteiger partial charge in [0.05, 0.1) is 23.3 Å². The summed E-state index contributed by atoms with van der Waals surface area (Å²) in [6.07, 6.45) is 0. The molecule has 1 saturated heterocycles. The minimum atomic E-state index is -0.223. The van der Waals surface area contributed by atoms with Gasteiger partial charge < -0.3 is 9.84 Å². The molecule has 2 heterocycles. The molecule has 0 aliphatic carbocycles. The third kappa shape index (κ3) is 5.06. The number of aromatic nitrogens is 2. The quantitative estimate of drug-likeness (QED) is 0.815. The predicted molar refractivity (Wildman–Crippen MR) is 105 cm³/mol. The van der Waals surface area contributed by atoms with Crippen LogP contribution in [0.1, 0.15) is 38.4 Å². The summed E-state index contributed by atoms with van der Waals surface area (Å²) in [5.41, 5.74) is 0.645. The van der Waals surface area contributed by atoms with Crippen molar-refractivity contribution in [3.63, 3.8) is 0 Å². The molecule has 1 aromatic carbocycles. The van der Waals surface area contributed by atoms with E-state index in [0.717, 1.165) is 32.0 Å². The van der Waals surface area contributed by atoms with Crippen molar-refractivity contribution >= 4 is 23.2 Å². The molecule has 1 amide bonds. The molecule has 1 fully saturated rings. The first-order valence-corrected chi connectivity index (χ1v) is 9.66. The lowest BCUT2D eigenvalue weighted by molar-refractivity contribution is -0.121. The third-order valence-corrected chi connectivity index (χ3v) is 5.15. The second-order valence-corrected chi connectivity index (χ2v) is 7.57. The van der Waals surface area contributed by atoms with E-state index in [2.05, 4.69) is 25.3 Å². The van der Waals surface area contributed by atoms with Crippen molar-refractivity contribution in [3.8, 4) is 0 Å². The first-order valence-electron chi connectivity index (χ1n) is 9.28. The van der Waals surface area contributed by atoms with Gasteiger partial charge in [0.25, 0.3) is 0 Å². The van der Waals surface area contributed by atoms with E-state index in [1.807, 2.05) is 32.9 Å². The average molecular weight is 392 g/mol. The first kappa shape index (κ1) is 19.8. The molecule has 1 aliphatic rings. The second kappa shape index (κ2) is 8.82. The summed E-state index contributed by atoms with van der Waals surface area (Å²) in [6, 6.07) is 7.05. The molecule has 2 aromatic rings. The van der Waals surface area contributed by atoms with E-state index in [1.165, 1.54) is 0 Å². The number of benzene rings is 1. The van der Waals surface area contributed by atoms with Crippen LogP contribution in [0.15, 0.2) is 28.8 Å². The number of halogens is 1. The highest BCUT2D eigenvalue weighted by Crippen LogP contribution is 2.21. The lowest BCUT2D eigenvalue weighted by atomic mass is 10.2. The van der Waals surface area contributed by atoms with Gasteiger partial charge in [-0.2, -0.15) is 4.98 Å². The van der Waals surface area contributed by atoms with Gasteiger partial charge in [0.1, 0.15) is 0 Å². The molecule has 1 aliphatic heterocycles. The average Bonchev–Trinajstić information content (AvgIpc) is 3.12. The highest BCUT2D eigenvalue weighted by Gasteiger charge is 2.26. The summed E-state index contributed by atoms with van der Waals surface area (Å²) in [5, 5.41) is 7.46. The van der Waals surface area contributed by atoms with Gasteiger partial charge in [-0.15, -0.1) is 0 Å². The number of rotatable bonds is 6. The van der Waals surface area contributed by atoms with E-state index < -0.39 is 0 Å². The van der Waals surface area contributed by atoms with E-state index in [0.29, 0.717) is 23.1 Å². The Morgan fingerprint density at radius 3 is 2.56 bits per heavy atom. The summed E-state index contributed by atoms with van der Waals surface area (Å²) in [4.78, 5) is 21.4. The predicted octanol–water partition coefficient (Wildman–Crippen LogP) is 2.99. The number of anilines is 1. The number of nitrogens with zero attached hydrogens (tertiary/aromatic N) is 4. The molecular weight excluding hydrogens is 366 g/mol. The fourth-order valence-electron chi connectivity index (χ4n) is 3.03. The Morgan fingerprint density at radius 1 is 1.22 bits per heavy atom. The van der Waals surface area contributed by atoms with Gasteiger partial charge in [0.15, 0.2) is 5.82 Å². The Hall–Kier alpha value is -1.96. The Balaban J connectivity index is 1.49.